The lowest BCUT2D eigenvalue weighted by molar-refractivity contribution is 0.179. The molecule has 0 bridgehead atoms. The van der Waals surface area contributed by atoms with E-state index in [1.165, 1.54) is 18.4 Å². The average molecular weight is 298 g/mol. The van der Waals surface area contributed by atoms with E-state index in [2.05, 4.69) is 54.5 Å². The van der Waals surface area contributed by atoms with E-state index in [-0.39, 0.29) is 0 Å². The van der Waals surface area contributed by atoms with Crippen LogP contribution in [-0.4, -0.2) is 18.0 Å². The molecule has 0 aromatic heterocycles. The number of benzene rings is 1. The third-order valence-electron chi connectivity index (χ3n) is 3.50. The Morgan fingerprint density at radius 2 is 1.68 bits per heavy atom. The lowest BCUT2D eigenvalue weighted by Gasteiger charge is -2.30. The third-order valence-corrected chi connectivity index (χ3v) is 3.50. The predicted molar refractivity (Wildman–Crippen MR) is 96.4 cm³/mol. The molecular weight excluding hydrogens is 268 g/mol. The molecule has 0 amide bonds. The first kappa shape index (κ1) is 20.1. The van der Waals surface area contributed by atoms with Crippen LogP contribution in [0.2, 0.25) is 0 Å². The van der Waals surface area contributed by atoms with Crippen molar-refractivity contribution in [2.45, 2.75) is 39.7 Å². The largest absolute Gasteiger partial charge is 0.299 e. The second-order valence-corrected chi connectivity index (χ2v) is 5.04. The Hall–Kier alpha value is -1.85. The number of nitrogens with zero attached hydrogens (tertiary/aromatic N) is 2. The van der Waals surface area contributed by atoms with Crippen LogP contribution in [0.15, 0.2) is 55.6 Å². The van der Waals surface area contributed by atoms with Crippen LogP contribution in [0.1, 0.15) is 38.7 Å². The van der Waals surface area contributed by atoms with Crippen molar-refractivity contribution in [2.75, 3.05) is 13.1 Å². The maximum Gasteiger partial charge on any atom is 0.0624 e. The van der Waals surface area contributed by atoms with Crippen LogP contribution in [0.4, 0.5) is 0 Å². The molecule has 1 aliphatic heterocycles. The van der Waals surface area contributed by atoms with Gasteiger partial charge in [0.1, 0.15) is 0 Å². The number of allylic oxidation sites excluding steroid dienone is 2. The molecule has 1 aliphatic rings. The smallest absolute Gasteiger partial charge is 0.0624 e. The zero-order valence-electron chi connectivity index (χ0n) is 14.2. The number of rotatable bonds is 4. The highest BCUT2D eigenvalue weighted by molar-refractivity contribution is 5.14. The molecular formula is C20H30N2. The Labute approximate surface area is 136 Å². The van der Waals surface area contributed by atoms with E-state index < -0.39 is 0 Å². The first-order valence-corrected chi connectivity index (χ1v) is 8.16. The number of piperidine rings is 1. The van der Waals surface area contributed by atoms with Gasteiger partial charge in [-0.25, -0.2) is 0 Å². The van der Waals surface area contributed by atoms with Crippen LogP contribution in [0.5, 0.6) is 0 Å². The van der Waals surface area contributed by atoms with E-state index >= 15 is 0 Å². The summed E-state index contributed by atoms with van der Waals surface area (Å²) in [5.74, 6) is 0.636. The van der Waals surface area contributed by atoms with Gasteiger partial charge in [0.05, 0.1) is 6.07 Å². The molecule has 1 saturated heterocycles. The molecule has 0 spiro atoms. The summed E-state index contributed by atoms with van der Waals surface area (Å²) in [5.41, 5.74) is 1.39. The summed E-state index contributed by atoms with van der Waals surface area (Å²) in [6.45, 7) is 14.1. The van der Waals surface area contributed by atoms with Gasteiger partial charge in [0.2, 0.25) is 0 Å². The van der Waals surface area contributed by atoms with Crippen LogP contribution < -0.4 is 0 Å². The van der Waals surface area contributed by atoms with E-state index in [0.717, 1.165) is 26.1 Å². The van der Waals surface area contributed by atoms with Gasteiger partial charge in [0.25, 0.3) is 0 Å². The Morgan fingerprint density at radius 3 is 2.14 bits per heavy atom. The summed E-state index contributed by atoms with van der Waals surface area (Å²) < 4.78 is 0. The highest BCUT2D eigenvalue weighted by Gasteiger charge is 2.18. The Balaban J connectivity index is 0.000000640. The maximum atomic E-state index is 8.66. The van der Waals surface area contributed by atoms with Gasteiger partial charge >= 0.3 is 0 Å². The van der Waals surface area contributed by atoms with Gasteiger partial charge in [0, 0.05) is 13.0 Å². The average Bonchev–Trinajstić information content (AvgIpc) is 2.60. The van der Waals surface area contributed by atoms with Crippen molar-refractivity contribution in [3.05, 3.63) is 61.2 Å². The predicted octanol–water partition coefficient (Wildman–Crippen LogP) is 5.20. The Morgan fingerprint density at radius 1 is 1.14 bits per heavy atom. The molecule has 2 nitrogen and oxygen atoms in total. The zero-order valence-corrected chi connectivity index (χ0v) is 14.2. The van der Waals surface area contributed by atoms with Crippen LogP contribution in [0, 0.1) is 17.2 Å². The Kier molecular flexibility index (Phi) is 12.9. The first-order valence-electron chi connectivity index (χ1n) is 8.16. The van der Waals surface area contributed by atoms with E-state index in [0.29, 0.717) is 5.92 Å². The standard InChI is InChI=1S/C14H18N2.C4H6.C2H6/c15-9-6-13-7-10-16(11-8-13)12-14-4-2-1-3-5-14;1-3-4-2;1-2/h1-5,13H,6-8,10-12H2;3-4H,1-2H2;1-2H3. The Bertz CT molecular complexity index is 417. The monoisotopic (exact) mass is 298 g/mol. The van der Waals surface area contributed by atoms with Crippen molar-refractivity contribution in [1.29, 1.82) is 5.26 Å². The molecule has 1 aromatic carbocycles. The molecule has 120 valence electrons. The minimum Gasteiger partial charge on any atom is -0.299 e. The van der Waals surface area contributed by atoms with Gasteiger partial charge in [-0.05, 0) is 37.4 Å². The number of nitriles is 1. The van der Waals surface area contributed by atoms with E-state index in [1.807, 2.05) is 13.8 Å². The summed E-state index contributed by atoms with van der Waals surface area (Å²) in [7, 11) is 0. The minimum atomic E-state index is 0.636. The van der Waals surface area contributed by atoms with Crippen molar-refractivity contribution in [1.82, 2.24) is 4.90 Å². The quantitative estimate of drug-likeness (QED) is 0.715. The fourth-order valence-electron chi connectivity index (χ4n) is 2.32. The van der Waals surface area contributed by atoms with Crippen molar-refractivity contribution in [3.63, 3.8) is 0 Å². The molecule has 2 heteroatoms. The summed E-state index contributed by atoms with van der Waals surface area (Å²) in [4.78, 5) is 2.49. The zero-order chi connectivity index (χ0) is 16.6. The minimum absolute atomic E-state index is 0.636. The number of hydrogen-bond donors (Lipinski definition) is 0. The highest BCUT2D eigenvalue weighted by atomic mass is 15.1. The van der Waals surface area contributed by atoms with Gasteiger partial charge in [-0.15, -0.1) is 0 Å². The molecule has 0 N–H and O–H groups in total. The highest BCUT2D eigenvalue weighted by Crippen LogP contribution is 2.21. The van der Waals surface area contributed by atoms with E-state index in [4.69, 9.17) is 5.26 Å². The summed E-state index contributed by atoms with van der Waals surface area (Å²) in [6, 6.07) is 12.9. The second kappa shape index (κ2) is 14.1. The molecule has 0 atom stereocenters. The topological polar surface area (TPSA) is 27.0 Å². The lowest BCUT2D eigenvalue weighted by atomic mass is 9.94. The summed E-state index contributed by atoms with van der Waals surface area (Å²) >= 11 is 0. The van der Waals surface area contributed by atoms with Gasteiger partial charge in [0.15, 0.2) is 0 Å². The van der Waals surface area contributed by atoms with Crippen LogP contribution in [-0.2, 0) is 6.54 Å². The second-order valence-electron chi connectivity index (χ2n) is 5.04. The molecule has 0 radical (unpaired) electrons. The fraction of sp³-hybridized carbons (Fsp3) is 0.450. The van der Waals surface area contributed by atoms with E-state index in [1.54, 1.807) is 12.2 Å². The summed E-state index contributed by atoms with van der Waals surface area (Å²) in [6.07, 6.45) is 6.37. The molecule has 1 heterocycles. The lowest BCUT2D eigenvalue weighted by Crippen LogP contribution is -2.33. The molecule has 22 heavy (non-hydrogen) atoms. The van der Waals surface area contributed by atoms with Gasteiger partial charge < -0.3 is 0 Å². The van der Waals surface area contributed by atoms with Crippen LogP contribution in [0.3, 0.4) is 0 Å². The van der Waals surface area contributed by atoms with E-state index in [9.17, 15) is 0 Å². The number of hydrogen-bond acceptors (Lipinski definition) is 2. The van der Waals surface area contributed by atoms with Gasteiger partial charge in [-0.3, -0.25) is 4.90 Å². The van der Waals surface area contributed by atoms with Crippen LogP contribution in [0.25, 0.3) is 0 Å². The number of likely N-dealkylation sites (tertiary alicyclic amines) is 1. The van der Waals surface area contributed by atoms with Crippen molar-refractivity contribution in [3.8, 4) is 6.07 Å². The van der Waals surface area contributed by atoms with Crippen molar-refractivity contribution >= 4 is 0 Å². The molecule has 1 fully saturated rings. The van der Waals surface area contributed by atoms with Gasteiger partial charge in [-0.2, -0.15) is 5.26 Å². The van der Waals surface area contributed by atoms with Crippen LogP contribution >= 0.6 is 0 Å². The molecule has 1 aromatic rings. The van der Waals surface area contributed by atoms with Gasteiger partial charge in [-0.1, -0.05) is 69.5 Å². The normalized spacial score (nSPS) is 14.4. The SMILES string of the molecule is C=CC=C.CC.N#CCC1CCN(Cc2ccccc2)CC1. The summed E-state index contributed by atoms with van der Waals surface area (Å²) in [5, 5.41) is 8.66. The third kappa shape index (κ3) is 9.15. The van der Waals surface area contributed by atoms with Crippen molar-refractivity contribution < 1.29 is 0 Å². The van der Waals surface area contributed by atoms with Crippen molar-refractivity contribution in [2.24, 2.45) is 5.92 Å². The molecule has 0 unspecified atom stereocenters. The maximum absolute atomic E-state index is 8.66. The first-order chi connectivity index (χ1) is 10.8. The molecule has 0 saturated carbocycles. The molecule has 2 rings (SSSR count). The molecule has 0 aliphatic carbocycles. The fourth-order valence-corrected chi connectivity index (χ4v) is 2.32.